The van der Waals surface area contributed by atoms with Crippen LogP contribution < -0.4 is 4.74 Å². The van der Waals surface area contributed by atoms with Gasteiger partial charge in [-0.05, 0) is 61.4 Å². The summed E-state index contributed by atoms with van der Waals surface area (Å²) in [5, 5.41) is 10.2. The Labute approximate surface area is 163 Å². The van der Waals surface area contributed by atoms with Crippen LogP contribution in [0.1, 0.15) is 36.8 Å². The van der Waals surface area contributed by atoms with Crippen molar-refractivity contribution in [3.05, 3.63) is 64.2 Å². The third-order valence-electron chi connectivity index (χ3n) is 6.37. The molecule has 1 N–H and O–H groups in total. The van der Waals surface area contributed by atoms with E-state index in [9.17, 15) is 9.50 Å². The van der Waals surface area contributed by atoms with Crippen LogP contribution in [0.25, 0.3) is 0 Å². The Morgan fingerprint density at radius 3 is 2.59 bits per heavy atom. The van der Waals surface area contributed by atoms with Crippen LogP contribution >= 0.6 is 11.6 Å². The van der Waals surface area contributed by atoms with Gasteiger partial charge in [-0.3, -0.25) is 0 Å². The molecule has 1 aliphatic heterocycles. The number of hydrogen-bond acceptors (Lipinski definition) is 2. The second kappa shape index (κ2) is 7.40. The molecule has 1 saturated carbocycles. The number of hydrogen-bond donors (Lipinski definition) is 1. The van der Waals surface area contributed by atoms with Gasteiger partial charge in [-0.25, -0.2) is 8.78 Å². The molecule has 0 unspecified atom stereocenters. The van der Waals surface area contributed by atoms with Gasteiger partial charge in [-0.15, -0.1) is 0 Å². The summed E-state index contributed by atoms with van der Waals surface area (Å²) in [4.78, 5) is 0. The molecule has 5 heteroatoms. The highest BCUT2D eigenvalue weighted by Gasteiger charge is 2.52. The van der Waals surface area contributed by atoms with Crippen molar-refractivity contribution in [2.24, 2.45) is 11.8 Å². The van der Waals surface area contributed by atoms with Gasteiger partial charge in [0.15, 0.2) is 11.6 Å². The van der Waals surface area contributed by atoms with Gasteiger partial charge in [0.1, 0.15) is 5.82 Å². The molecule has 2 aromatic carbocycles. The monoisotopic (exact) mass is 392 g/mol. The largest absolute Gasteiger partial charge is 0.490 e. The summed E-state index contributed by atoms with van der Waals surface area (Å²) in [5.74, 6) is -0.589. The second-order valence-corrected chi connectivity index (χ2v) is 8.21. The van der Waals surface area contributed by atoms with Gasteiger partial charge in [0.2, 0.25) is 0 Å². The molecule has 0 aromatic heterocycles. The molecule has 1 fully saturated rings. The average molecular weight is 393 g/mol. The molecule has 2 nitrogen and oxygen atoms in total. The summed E-state index contributed by atoms with van der Waals surface area (Å²) in [6.45, 7) is 0.447. The Hall–Kier alpha value is -1.65. The molecule has 0 spiro atoms. The molecule has 0 bridgehead atoms. The molecule has 2 aromatic rings. The molecule has 4 rings (SSSR count). The van der Waals surface area contributed by atoms with Crippen molar-refractivity contribution in [2.45, 2.75) is 37.5 Å². The number of halogens is 3. The predicted octanol–water partition coefficient (Wildman–Crippen LogP) is 5.29. The highest BCUT2D eigenvalue weighted by molar-refractivity contribution is 6.30. The standard InChI is InChI=1S/C22H23ClF2O2/c23-16-5-3-14(4-6-16)12-22-10-1-2-15(9-11-26)17(22)13-27-21-19(25)8-7-18(24)20(21)22/h3-8,15,17,26H,1-2,9-13H2/t15-,17-,22-/m0/s1. The van der Waals surface area contributed by atoms with Gasteiger partial charge < -0.3 is 9.84 Å². The molecule has 0 amide bonds. The number of fused-ring (bicyclic) bond motifs is 3. The highest BCUT2D eigenvalue weighted by atomic mass is 35.5. The van der Waals surface area contributed by atoms with Crippen LogP contribution in [0.15, 0.2) is 36.4 Å². The molecular weight excluding hydrogens is 370 g/mol. The summed E-state index contributed by atoms with van der Waals surface area (Å²) < 4.78 is 35.2. The molecule has 144 valence electrons. The maximum Gasteiger partial charge on any atom is 0.165 e. The summed E-state index contributed by atoms with van der Waals surface area (Å²) in [6.07, 6.45) is 3.93. The molecule has 1 aliphatic carbocycles. The van der Waals surface area contributed by atoms with Gasteiger partial charge in [0, 0.05) is 28.5 Å². The zero-order valence-electron chi connectivity index (χ0n) is 15.1. The summed E-state index contributed by atoms with van der Waals surface area (Å²) >= 11 is 6.02. The van der Waals surface area contributed by atoms with Gasteiger partial charge >= 0.3 is 0 Å². The van der Waals surface area contributed by atoms with Crippen molar-refractivity contribution in [3.63, 3.8) is 0 Å². The molecule has 0 saturated heterocycles. The van der Waals surface area contributed by atoms with Crippen LogP contribution in [0.2, 0.25) is 5.02 Å². The van der Waals surface area contributed by atoms with Crippen molar-refractivity contribution in [1.29, 1.82) is 0 Å². The Kier molecular flexibility index (Phi) is 5.13. The van der Waals surface area contributed by atoms with Crippen LogP contribution in [-0.4, -0.2) is 18.3 Å². The van der Waals surface area contributed by atoms with E-state index in [0.29, 0.717) is 30.0 Å². The lowest BCUT2D eigenvalue weighted by Crippen LogP contribution is -2.51. The predicted molar refractivity (Wildman–Crippen MR) is 101 cm³/mol. The minimum atomic E-state index is -0.536. The van der Waals surface area contributed by atoms with Crippen LogP contribution in [0.4, 0.5) is 8.78 Å². The Morgan fingerprint density at radius 1 is 1.11 bits per heavy atom. The van der Waals surface area contributed by atoms with Crippen LogP contribution in [0.3, 0.4) is 0 Å². The highest BCUT2D eigenvalue weighted by Crippen LogP contribution is 2.55. The lowest BCUT2D eigenvalue weighted by Gasteiger charge is -2.52. The fourth-order valence-electron chi connectivity index (χ4n) is 5.22. The third kappa shape index (κ3) is 3.23. The summed E-state index contributed by atoms with van der Waals surface area (Å²) in [5.41, 5.74) is 0.882. The zero-order chi connectivity index (χ0) is 19.0. The van der Waals surface area contributed by atoms with Crippen LogP contribution in [0, 0.1) is 23.5 Å². The lowest BCUT2D eigenvalue weighted by atomic mass is 9.55. The van der Waals surface area contributed by atoms with E-state index < -0.39 is 17.0 Å². The van der Waals surface area contributed by atoms with Gasteiger partial charge in [-0.1, -0.05) is 30.2 Å². The molecule has 27 heavy (non-hydrogen) atoms. The quantitative estimate of drug-likeness (QED) is 0.766. The molecule has 3 atom stereocenters. The van der Waals surface area contributed by atoms with E-state index in [2.05, 4.69) is 0 Å². The van der Waals surface area contributed by atoms with Gasteiger partial charge in [0.25, 0.3) is 0 Å². The minimum absolute atomic E-state index is 0.0397. The van der Waals surface area contributed by atoms with E-state index in [1.165, 1.54) is 6.07 Å². The lowest BCUT2D eigenvalue weighted by molar-refractivity contribution is 0.0230. The normalized spacial score (nSPS) is 26.8. The number of aliphatic hydroxyl groups excluding tert-OH is 1. The Bertz CT molecular complexity index is 822. The van der Waals surface area contributed by atoms with E-state index in [0.717, 1.165) is 30.9 Å². The fourth-order valence-corrected chi connectivity index (χ4v) is 5.35. The van der Waals surface area contributed by atoms with Crippen LogP contribution in [0.5, 0.6) is 5.75 Å². The average Bonchev–Trinajstić information content (AvgIpc) is 2.66. The van der Waals surface area contributed by atoms with E-state index >= 15 is 4.39 Å². The molecule has 1 heterocycles. The second-order valence-electron chi connectivity index (χ2n) is 7.77. The SMILES string of the molecule is OCC[C@@H]1CCC[C@@]2(Cc3ccc(Cl)cc3)c3c(F)ccc(F)c3OC[C@@H]12. The zero-order valence-corrected chi connectivity index (χ0v) is 15.8. The van der Waals surface area contributed by atoms with Crippen molar-refractivity contribution in [3.8, 4) is 5.75 Å². The van der Waals surface area contributed by atoms with Gasteiger partial charge in [-0.2, -0.15) is 0 Å². The Balaban J connectivity index is 1.86. The first kappa shape index (κ1) is 18.7. The topological polar surface area (TPSA) is 29.5 Å². The number of aliphatic hydroxyl groups is 1. The maximum absolute atomic E-state index is 15.0. The maximum atomic E-state index is 15.0. The summed E-state index contributed by atoms with van der Waals surface area (Å²) in [7, 11) is 0. The van der Waals surface area contributed by atoms with Crippen LogP contribution in [-0.2, 0) is 11.8 Å². The van der Waals surface area contributed by atoms with Gasteiger partial charge in [0.05, 0.1) is 6.61 Å². The van der Waals surface area contributed by atoms with E-state index in [1.807, 2.05) is 24.3 Å². The van der Waals surface area contributed by atoms with Crippen molar-refractivity contribution in [2.75, 3.05) is 13.2 Å². The fraction of sp³-hybridized carbons (Fsp3) is 0.455. The minimum Gasteiger partial charge on any atom is -0.490 e. The van der Waals surface area contributed by atoms with E-state index in [-0.39, 0.29) is 24.2 Å². The first-order chi connectivity index (χ1) is 13.0. The number of rotatable bonds is 4. The Morgan fingerprint density at radius 2 is 1.85 bits per heavy atom. The van der Waals surface area contributed by atoms with Crippen molar-refractivity contribution < 1.29 is 18.6 Å². The van der Waals surface area contributed by atoms with E-state index in [4.69, 9.17) is 16.3 Å². The first-order valence-corrected chi connectivity index (χ1v) is 9.89. The molecular formula is C22H23ClF2O2. The smallest absolute Gasteiger partial charge is 0.165 e. The third-order valence-corrected chi connectivity index (χ3v) is 6.63. The molecule has 2 aliphatic rings. The number of benzene rings is 2. The van der Waals surface area contributed by atoms with E-state index in [1.54, 1.807) is 0 Å². The van der Waals surface area contributed by atoms with Crippen molar-refractivity contribution in [1.82, 2.24) is 0 Å². The first-order valence-electron chi connectivity index (χ1n) is 9.52. The number of ether oxygens (including phenoxy) is 1. The summed E-state index contributed by atoms with van der Waals surface area (Å²) in [6, 6.07) is 9.92. The van der Waals surface area contributed by atoms with Crippen molar-refractivity contribution >= 4 is 11.6 Å². The molecule has 0 radical (unpaired) electrons.